The quantitative estimate of drug-likeness (QED) is 0.524. The predicted molar refractivity (Wildman–Crippen MR) is 77.2 cm³/mol. The lowest BCUT2D eigenvalue weighted by Gasteiger charge is -2.06. The lowest BCUT2D eigenvalue weighted by molar-refractivity contribution is 0.0918. The molecule has 0 radical (unpaired) electrons. The largest absolute Gasteiger partial charge is 0.379 e. The number of carbonyl (C=O) groups excluding carboxylic acids is 1. The Labute approximate surface area is 114 Å². The number of ether oxygens (including phenoxy) is 1. The molecule has 4 nitrogen and oxygen atoms in total. The minimum absolute atomic E-state index is 0.0772. The summed E-state index contributed by atoms with van der Waals surface area (Å²) in [5.41, 5.74) is 7.28. The first-order valence-electron chi connectivity index (χ1n) is 6.53. The van der Waals surface area contributed by atoms with Gasteiger partial charge >= 0.3 is 0 Å². The zero-order chi connectivity index (χ0) is 13.9. The van der Waals surface area contributed by atoms with E-state index in [1.807, 2.05) is 30.3 Å². The van der Waals surface area contributed by atoms with Crippen LogP contribution in [0.5, 0.6) is 0 Å². The van der Waals surface area contributed by atoms with Gasteiger partial charge in [-0.05, 0) is 37.1 Å². The molecule has 0 spiro atoms. The fourth-order valence-corrected chi connectivity index (χ4v) is 1.60. The van der Waals surface area contributed by atoms with E-state index in [1.54, 1.807) is 0 Å². The Morgan fingerprint density at radius 3 is 2.68 bits per heavy atom. The van der Waals surface area contributed by atoms with Gasteiger partial charge in [0.2, 0.25) is 0 Å². The molecule has 0 saturated carbocycles. The molecule has 0 unspecified atom stereocenters. The molecule has 0 fully saturated rings. The molecular formula is C15H22N2O2. The van der Waals surface area contributed by atoms with Crippen molar-refractivity contribution in [3.05, 3.63) is 48.0 Å². The number of nitrogens with two attached hydrogens (primary N) is 1. The molecule has 1 rings (SSSR count). The summed E-state index contributed by atoms with van der Waals surface area (Å²) >= 11 is 0. The Hall–Kier alpha value is -1.65. The Morgan fingerprint density at radius 1 is 1.32 bits per heavy atom. The van der Waals surface area contributed by atoms with E-state index < -0.39 is 0 Å². The molecule has 0 bridgehead atoms. The summed E-state index contributed by atoms with van der Waals surface area (Å²) in [5.74, 6) is -0.0772. The summed E-state index contributed by atoms with van der Waals surface area (Å²) in [4.78, 5) is 11.8. The Kier molecular flexibility index (Phi) is 7.54. The lowest BCUT2D eigenvalue weighted by Crippen LogP contribution is -2.27. The van der Waals surface area contributed by atoms with Crippen LogP contribution in [0.2, 0.25) is 0 Å². The van der Waals surface area contributed by atoms with Crippen molar-refractivity contribution in [2.75, 3.05) is 26.3 Å². The normalized spacial score (nSPS) is 10.2. The Bertz CT molecular complexity index is 388. The van der Waals surface area contributed by atoms with Crippen LogP contribution in [-0.4, -0.2) is 32.2 Å². The number of rotatable bonds is 9. The molecule has 104 valence electrons. The molecule has 0 heterocycles. The maximum absolute atomic E-state index is 11.8. The summed E-state index contributed by atoms with van der Waals surface area (Å²) in [7, 11) is 0. The van der Waals surface area contributed by atoms with Gasteiger partial charge in [-0.1, -0.05) is 18.2 Å². The van der Waals surface area contributed by atoms with Crippen molar-refractivity contribution < 1.29 is 9.53 Å². The van der Waals surface area contributed by atoms with Gasteiger partial charge < -0.3 is 15.8 Å². The first-order chi connectivity index (χ1) is 9.27. The molecule has 3 N–H and O–H groups in total. The number of hydrogen-bond donors (Lipinski definition) is 2. The fourth-order valence-electron chi connectivity index (χ4n) is 1.60. The van der Waals surface area contributed by atoms with Crippen LogP contribution in [0.3, 0.4) is 0 Å². The van der Waals surface area contributed by atoms with Crippen LogP contribution in [0.15, 0.2) is 36.9 Å². The highest BCUT2D eigenvalue weighted by molar-refractivity contribution is 5.94. The molecule has 0 aliphatic carbocycles. The van der Waals surface area contributed by atoms with E-state index in [0.717, 1.165) is 18.4 Å². The summed E-state index contributed by atoms with van der Waals surface area (Å²) in [6, 6.07) is 7.50. The van der Waals surface area contributed by atoms with E-state index in [-0.39, 0.29) is 5.91 Å². The number of carbonyl (C=O) groups is 1. The first kappa shape index (κ1) is 15.4. The highest BCUT2D eigenvalue weighted by Gasteiger charge is 2.04. The minimum Gasteiger partial charge on any atom is -0.379 e. The van der Waals surface area contributed by atoms with Gasteiger partial charge in [0.1, 0.15) is 0 Å². The van der Waals surface area contributed by atoms with Crippen molar-refractivity contribution >= 4 is 5.91 Å². The molecule has 1 aromatic rings. The van der Waals surface area contributed by atoms with Crippen molar-refractivity contribution in [1.29, 1.82) is 0 Å². The highest BCUT2D eigenvalue weighted by atomic mass is 16.5. The van der Waals surface area contributed by atoms with Crippen molar-refractivity contribution in [3.63, 3.8) is 0 Å². The smallest absolute Gasteiger partial charge is 0.251 e. The van der Waals surface area contributed by atoms with Gasteiger partial charge in [-0.15, -0.1) is 6.58 Å². The SMILES string of the molecule is C=CCCOCCNC(=O)c1ccc(CCN)cc1. The zero-order valence-corrected chi connectivity index (χ0v) is 11.2. The summed E-state index contributed by atoms with van der Waals surface area (Å²) in [6.07, 6.45) is 3.47. The molecule has 0 aromatic heterocycles. The maximum Gasteiger partial charge on any atom is 0.251 e. The van der Waals surface area contributed by atoms with Gasteiger partial charge in [-0.25, -0.2) is 0 Å². The van der Waals surface area contributed by atoms with Gasteiger partial charge in [0.25, 0.3) is 5.91 Å². The van der Waals surface area contributed by atoms with Crippen LogP contribution < -0.4 is 11.1 Å². The van der Waals surface area contributed by atoms with Crippen LogP contribution >= 0.6 is 0 Å². The average Bonchev–Trinajstić information content (AvgIpc) is 2.43. The van der Waals surface area contributed by atoms with Crippen molar-refractivity contribution in [2.24, 2.45) is 5.73 Å². The fraction of sp³-hybridized carbons (Fsp3) is 0.400. The van der Waals surface area contributed by atoms with Crippen molar-refractivity contribution in [2.45, 2.75) is 12.8 Å². The lowest BCUT2D eigenvalue weighted by atomic mass is 10.1. The summed E-state index contributed by atoms with van der Waals surface area (Å²) < 4.78 is 5.31. The van der Waals surface area contributed by atoms with Gasteiger partial charge in [-0.2, -0.15) is 0 Å². The third-order valence-corrected chi connectivity index (χ3v) is 2.65. The number of benzene rings is 1. The van der Waals surface area contributed by atoms with Crippen LogP contribution in [0.1, 0.15) is 22.3 Å². The van der Waals surface area contributed by atoms with E-state index in [1.165, 1.54) is 0 Å². The molecule has 1 aromatic carbocycles. The molecule has 0 aliphatic rings. The Balaban J connectivity index is 2.27. The predicted octanol–water partition coefficient (Wildman–Crippen LogP) is 1.51. The van der Waals surface area contributed by atoms with Crippen molar-refractivity contribution in [3.8, 4) is 0 Å². The second kappa shape index (κ2) is 9.30. The molecule has 1 amide bonds. The second-order valence-electron chi connectivity index (χ2n) is 4.18. The molecule has 19 heavy (non-hydrogen) atoms. The van der Waals surface area contributed by atoms with Gasteiger partial charge in [0.05, 0.1) is 13.2 Å². The summed E-state index contributed by atoms with van der Waals surface area (Å²) in [5, 5.41) is 2.81. The van der Waals surface area contributed by atoms with Gasteiger partial charge in [0.15, 0.2) is 0 Å². The van der Waals surface area contributed by atoms with Crippen LogP contribution in [0.25, 0.3) is 0 Å². The van der Waals surface area contributed by atoms with E-state index in [9.17, 15) is 4.79 Å². The average molecular weight is 262 g/mol. The van der Waals surface area contributed by atoms with Crippen molar-refractivity contribution in [1.82, 2.24) is 5.32 Å². The third-order valence-electron chi connectivity index (χ3n) is 2.65. The number of nitrogens with one attached hydrogen (secondary N) is 1. The standard InChI is InChI=1S/C15H22N2O2/c1-2-3-11-19-12-10-17-15(18)14-6-4-13(5-7-14)8-9-16/h2,4-7H,1,3,8-12,16H2,(H,17,18). The molecule has 0 atom stereocenters. The van der Waals surface area contributed by atoms with Crippen LogP contribution in [0.4, 0.5) is 0 Å². The topological polar surface area (TPSA) is 64.3 Å². The third kappa shape index (κ3) is 6.18. The molecule has 4 heteroatoms. The van der Waals surface area contributed by atoms with Crippen LogP contribution in [0, 0.1) is 0 Å². The number of hydrogen-bond acceptors (Lipinski definition) is 3. The summed E-state index contributed by atoms with van der Waals surface area (Å²) in [6.45, 7) is 5.91. The van der Waals surface area contributed by atoms with E-state index in [2.05, 4.69) is 11.9 Å². The van der Waals surface area contributed by atoms with Gasteiger partial charge in [0, 0.05) is 12.1 Å². The zero-order valence-electron chi connectivity index (χ0n) is 11.2. The second-order valence-corrected chi connectivity index (χ2v) is 4.18. The van der Waals surface area contributed by atoms with E-state index in [0.29, 0.717) is 31.9 Å². The first-order valence-corrected chi connectivity index (χ1v) is 6.53. The van der Waals surface area contributed by atoms with E-state index in [4.69, 9.17) is 10.5 Å². The molecular weight excluding hydrogens is 240 g/mol. The molecule has 0 saturated heterocycles. The van der Waals surface area contributed by atoms with Crippen LogP contribution in [-0.2, 0) is 11.2 Å². The molecule has 0 aliphatic heterocycles. The maximum atomic E-state index is 11.8. The number of amides is 1. The Morgan fingerprint density at radius 2 is 2.05 bits per heavy atom. The van der Waals surface area contributed by atoms with E-state index >= 15 is 0 Å². The minimum atomic E-state index is -0.0772. The monoisotopic (exact) mass is 262 g/mol. The highest BCUT2D eigenvalue weighted by Crippen LogP contribution is 2.04. The van der Waals surface area contributed by atoms with Gasteiger partial charge in [-0.3, -0.25) is 4.79 Å².